The Bertz CT molecular complexity index is 1750. The fraction of sp³-hybridized carbons (Fsp3) is 0.378. The normalized spacial score (nSPS) is 12.7. The third-order valence-electron chi connectivity index (χ3n) is 8.86. The standard InChI is InChI=1S/C45H52O11/c1-33(31-43(48)56-40-11-6-5-7-12-40)44(49)54-30-10-29-52-38-20-18-37(19-21-38)36-16-13-35(14-17-36)15-26-42(47)55-41-24-22-39(23-25-41)51-27-8-3-4-9-28-53-45(50)34(2)32-46/h13-26,40,46H,1-12,27-32H2/b26-15+. The first-order valence-electron chi connectivity index (χ1n) is 19.2. The van der Waals surface area contributed by atoms with Crippen molar-refractivity contribution in [2.24, 2.45) is 0 Å². The Labute approximate surface area is 328 Å². The molecule has 0 saturated heterocycles. The zero-order chi connectivity index (χ0) is 40.0. The maximum atomic E-state index is 12.4. The summed E-state index contributed by atoms with van der Waals surface area (Å²) in [5.74, 6) is -0.346. The number of aliphatic hydroxyl groups excluding tert-OH is 1. The highest BCUT2D eigenvalue weighted by molar-refractivity contribution is 5.93. The van der Waals surface area contributed by atoms with Crippen LogP contribution in [0.3, 0.4) is 0 Å². The fourth-order valence-corrected chi connectivity index (χ4v) is 5.70. The van der Waals surface area contributed by atoms with Gasteiger partial charge < -0.3 is 33.5 Å². The first-order chi connectivity index (χ1) is 27.2. The zero-order valence-corrected chi connectivity index (χ0v) is 31.9. The van der Waals surface area contributed by atoms with Crippen LogP contribution in [0, 0.1) is 0 Å². The van der Waals surface area contributed by atoms with Crippen molar-refractivity contribution >= 4 is 30.0 Å². The van der Waals surface area contributed by atoms with Gasteiger partial charge in [-0.2, -0.15) is 0 Å². The van der Waals surface area contributed by atoms with E-state index in [1.54, 1.807) is 30.3 Å². The van der Waals surface area contributed by atoms with Crippen molar-refractivity contribution < 1.29 is 52.7 Å². The van der Waals surface area contributed by atoms with Crippen molar-refractivity contribution in [3.63, 3.8) is 0 Å². The SMILES string of the molecule is C=C(CO)C(=O)OCCCCCCOc1ccc(OC(=O)/C=C/c2ccc(-c3ccc(OCCCOC(=O)C(=C)CC(=O)OC4CCCCC4)cc3)cc2)cc1. The van der Waals surface area contributed by atoms with Gasteiger partial charge in [0.25, 0.3) is 0 Å². The number of hydrogen-bond acceptors (Lipinski definition) is 11. The summed E-state index contributed by atoms with van der Waals surface area (Å²) in [5.41, 5.74) is 2.97. The van der Waals surface area contributed by atoms with Gasteiger partial charge in [-0.25, -0.2) is 14.4 Å². The van der Waals surface area contributed by atoms with Crippen LogP contribution >= 0.6 is 0 Å². The average Bonchev–Trinajstić information content (AvgIpc) is 3.21. The number of benzene rings is 3. The highest BCUT2D eigenvalue weighted by Crippen LogP contribution is 2.24. The van der Waals surface area contributed by atoms with E-state index in [2.05, 4.69) is 13.2 Å². The summed E-state index contributed by atoms with van der Waals surface area (Å²) in [6, 6.07) is 22.3. The summed E-state index contributed by atoms with van der Waals surface area (Å²) in [6.07, 6.45) is 11.7. The number of aliphatic hydroxyl groups is 1. The summed E-state index contributed by atoms with van der Waals surface area (Å²) in [7, 11) is 0. The molecule has 0 unspecified atom stereocenters. The molecule has 11 heteroatoms. The van der Waals surface area contributed by atoms with Gasteiger partial charge in [0, 0.05) is 18.1 Å². The second kappa shape index (κ2) is 24.0. The number of ether oxygens (including phenoxy) is 6. The van der Waals surface area contributed by atoms with E-state index >= 15 is 0 Å². The first-order valence-corrected chi connectivity index (χ1v) is 19.2. The van der Waals surface area contributed by atoms with Crippen molar-refractivity contribution in [2.75, 3.05) is 33.0 Å². The lowest BCUT2D eigenvalue weighted by atomic mass is 9.98. The molecule has 0 atom stereocenters. The minimum Gasteiger partial charge on any atom is -0.494 e. The highest BCUT2D eigenvalue weighted by Gasteiger charge is 2.20. The molecule has 56 heavy (non-hydrogen) atoms. The summed E-state index contributed by atoms with van der Waals surface area (Å²) in [5, 5.41) is 8.86. The average molecular weight is 769 g/mol. The lowest BCUT2D eigenvalue weighted by Crippen LogP contribution is -2.22. The molecule has 1 aliphatic carbocycles. The number of esters is 4. The summed E-state index contributed by atoms with van der Waals surface area (Å²) in [4.78, 5) is 48.2. The monoisotopic (exact) mass is 768 g/mol. The molecular formula is C45H52O11. The van der Waals surface area contributed by atoms with Gasteiger partial charge in [-0.05, 0) is 111 Å². The van der Waals surface area contributed by atoms with E-state index in [0.29, 0.717) is 43.5 Å². The molecule has 0 amide bonds. The minimum absolute atomic E-state index is 0.0514. The Balaban J connectivity index is 1.07. The molecule has 0 bridgehead atoms. The van der Waals surface area contributed by atoms with Crippen LogP contribution in [0.4, 0.5) is 0 Å². The molecule has 0 heterocycles. The molecule has 0 radical (unpaired) electrons. The summed E-state index contributed by atoms with van der Waals surface area (Å²) < 4.78 is 32.7. The number of unbranched alkanes of at least 4 members (excludes halogenated alkanes) is 3. The zero-order valence-electron chi connectivity index (χ0n) is 31.9. The van der Waals surface area contributed by atoms with Crippen LogP contribution in [0.5, 0.6) is 17.2 Å². The Morgan fingerprint density at radius 2 is 1.14 bits per heavy atom. The minimum atomic E-state index is -0.603. The Morgan fingerprint density at radius 3 is 1.77 bits per heavy atom. The van der Waals surface area contributed by atoms with Gasteiger partial charge in [0.1, 0.15) is 23.4 Å². The van der Waals surface area contributed by atoms with E-state index in [1.165, 1.54) is 6.08 Å². The van der Waals surface area contributed by atoms with Crippen LogP contribution in [0.25, 0.3) is 17.2 Å². The van der Waals surface area contributed by atoms with Gasteiger partial charge in [-0.3, -0.25) is 4.79 Å². The quantitative estimate of drug-likeness (QED) is 0.0328. The molecule has 3 aromatic rings. The van der Waals surface area contributed by atoms with E-state index in [4.69, 9.17) is 33.5 Å². The second-order valence-electron chi connectivity index (χ2n) is 13.4. The van der Waals surface area contributed by atoms with Crippen molar-refractivity contribution in [3.8, 4) is 28.4 Å². The van der Waals surface area contributed by atoms with Crippen LogP contribution in [0.1, 0.15) is 76.2 Å². The van der Waals surface area contributed by atoms with Gasteiger partial charge in [0.2, 0.25) is 0 Å². The van der Waals surface area contributed by atoms with Gasteiger partial charge in [0.15, 0.2) is 0 Å². The number of rotatable bonds is 23. The Morgan fingerprint density at radius 1 is 0.625 bits per heavy atom. The number of carbonyl (C=O) groups is 4. The molecule has 1 saturated carbocycles. The number of hydrogen-bond donors (Lipinski definition) is 1. The van der Waals surface area contributed by atoms with Gasteiger partial charge in [0.05, 0.1) is 45.0 Å². The van der Waals surface area contributed by atoms with Crippen molar-refractivity contribution in [1.82, 2.24) is 0 Å². The fourth-order valence-electron chi connectivity index (χ4n) is 5.70. The van der Waals surface area contributed by atoms with E-state index in [0.717, 1.165) is 74.5 Å². The molecule has 0 spiro atoms. The largest absolute Gasteiger partial charge is 0.494 e. The van der Waals surface area contributed by atoms with Gasteiger partial charge in [-0.15, -0.1) is 0 Å². The maximum Gasteiger partial charge on any atom is 0.336 e. The second-order valence-corrected chi connectivity index (χ2v) is 13.4. The van der Waals surface area contributed by atoms with Crippen molar-refractivity contribution in [2.45, 2.75) is 76.7 Å². The van der Waals surface area contributed by atoms with Crippen LogP contribution in [0.2, 0.25) is 0 Å². The molecule has 0 aromatic heterocycles. The predicted octanol–water partition coefficient (Wildman–Crippen LogP) is 8.14. The topological polar surface area (TPSA) is 144 Å². The molecule has 298 valence electrons. The molecular weight excluding hydrogens is 716 g/mol. The van der Waals surface area contributed by atoms with E-state index in [9.17, 15) is 19.2 Å². The summed E-state index contributed by atoms with van der Waals surface area (Å²) >= 11 is 0. The molecule has 11 nitrogen and oxygen atoms in total. The molecule has 1 aliphatic rings. The molecule has 4 rings (SSSR count). The van der Waals surface area contributed by atoms with E-state index in [-0.39, 0.29) is 30.3 Å². The lowest BCUT2D eigenvalue weighted by Gasteiger charge is -2.21. The molecule has 3 aromatic carbocycles. The van der Waals surface area contributed by atoms with Gasteiger partial charge in [-0.1, -0.05) is 56.0 Å². The maximum absolute atomic E-state index is 12.4. The number of carbonyl (C=O) groups excluding carboxylic acids is 4. The summed E-state index contributed by atoms with van der Waals surface area (Å²) in [6.45, 7) is 8.03. The van der Waals surface area contributed by atoms with Crippen LogP contribution < -0.4 is 14.2 Å². The first kappa shape index (κ1) is 43.1. The lowest BCUT2D eigenvalue weighted by molar-refractivity contribution is -0.151. The molecule has 1 fully saturated rings. The molecule has 1 N–H and O–H groups in total. The van der Waals surface area contributed by atoms with E-state index in [1.807, 2.05) is 48.5 Å². The predicted molar refractivity (Wildman–Crippen MR) is 212 cm³/mol. The molecule has 0 aliphatic heterocycles. The van der Waals surface area contributed by atoms with E-state index < -0.39 is 30.5 Å². The van der Waals surface area contributed by atoms with Crippen molar-refractivity contribution in [1.29, 1.82) is 0 Å². The third kappa shape index (κ3) is 16.0. The van der Waals surface area contributed by atoms with Crippen molar-refractivity contribution in [3.05, 3.63) is 109 Å². The Kier molecular flexibility index (Phi) is 18.4. The van der Waals surface area contributed by atoms with Crippen LogP contribution in [0.15, 0.2) is 103 Å². The Hall–Kier alpha value is -5.68. The van der Waals surface area contributed by atoms with Gasteiger partial charge >= 0.3 is 23.9 Å². The van der Waals surface area contributed by atoms with Crippen LogP contribution in [-0.2, 0) is 33.4 Å². The highest BCUT2D eigenvalue weighted by atomic mass is 16.6. The third-order valence-corrected chi connectivity index (χ3v) is 8.86. The van der Waals surface area contributed by atoms with Crippen LogP contribution in [-0.4, -0.2) is 68.1 Å². The smallest absolute Gasteiger partial charge is 0.336 e.